The summed E-state index contributed by atoms with van der Waals surface area (Å²) in [5, 5.41) is 11.0. The molecule has 0 saturated carbocycles. The zero-order valence-electron chi connectivity index (χ0n) is 10.4. The molecule has 1 atom stereocenters. The molecule has 7 heteroatoms. The van der Waals surface area contributed by atoms with Gasteiger partial charge in [-0.05, 0) is 19.0 Å². The quantitative estimate of drug-likeness (QED) is 0.578. The van der Waals surface area contributed by atoms with Gasteiger partial charge in [0.05, 0.1) is 30.8 Å². The van der Waals surface area contributed by atoms with Gasteiger partial charge in [0.15, 0.2) is 11.5 Å². The number of rotatable bonds is 6. The third kappa shape index (κ3) is 2.88. The fourth-order valence-electron chi connectivity index (χ4n) is 1.67. The van der Waals surface area contributed by atoms with Gasteiger partial charge in [0, 0.05) is 6.04 Å². The molecule has 1 aromatic carbocycles. The molecule has 0 unspecified atom stereocenters. The van der Waals surface area contributed by atoms with Crippen molar-refractivity contribution in [3.63, 3.8) is 0 Å². The maximum atomic E-state index is 11.0. The summed E-state index contributed by atoms with van der Waals surface area (Å²) < 4.78 is 10.1. The van der Waals surface area contributed by atoms with Gasteiger partial charge in [-0.15, -0.1) is 0 Å². The van der Waals surface area contributed by atoms with E-state index in [2.05, 4.69) is 0 Å². The van der Waals surface area contributed by atoms with Crippen molar-refractivity contribution in [2.45, 2.75) is 12.5 Å². The maximum absolute atomic E-state index is 11.0. The predicted octanol–water partition coefficient (Wildman–Crippen LogP) is 0.961. The van der Waals surface area contributed by atoms with Crippen LogP contribution in [0.3, 0.4) is 0 Å². The highest BCUT2D eigenvalue weighted by atomic mass is 16.6. The number of nitro benzene ring substituents is 1. The SMILES string of the molecule is COc1cc([C@H](N)CCN)c([N+](=O)[O-])cc1OC. The summed E-state index contributed by atoms with van der Waals surface area (Å²) >= 11 is 0. The van der Waals surface area contributed by atoms with Gasteiger partial charge < -0.3 is 20.9 Å². The Hall–Kier alpha value is -1.86. The summed E-state index contributed by atoms with van der Waals surface area (Å²) in [5.41, 5.74) is 11.6. The van der Waals surface area contributed by atoms with Crippen LogP contribution < -0.4 is 20.9 Å². The highest BCUT2D eigenvalue weighted by Gasteiger charge is 2.23. The van der Waals surface area contributed by atoms with Crippen molar-refractivity contribution in [3.05, 3.63) is 27.8 Å². The van der Waals surface area contributed by atoms with E-state index in [1.165, 1.54) is 26.4 Å². The van der Waals surface area contributed by atoms with E-state index >= 15 is 0 Å². The highest BCUT2D eigenvalue weighted by molar-refractivity contribution is 5.55. The lowest BCUT2D eigenvalue weighted by molar-refractivity contribution is -0.385. The first-order valence-corrected chi connectivity index (χ1v) is 5.41. The Morgan fingerprint density at radius 3 is 2.33 bits per heavy atom. The molecule has 0 spiro atoms. The summed E-state index contributed by atoms with van der Waals surface area (Å²) in [6, 6.07) is 2.33. The van der Waals surface area contributed by atoms with Crippen LogP contribution in [0.4, 0.5) is 5.69 Å². The molecule has 100 valence electrons. The van der Waals surface area contributed by atoms with Crippen LogP contribution in [0.25, 0.3) is 0 Å². The van der Waals surface area contributed by atoms with Crippen LogP contribution in [0.15, 0.2) is 12.1 Å². The summed E-state index contributed by atoms with van der Waals surface area (Å²) in [6.45, 7) is 0.354. The van der Waals surface area contributed by atoms with Crippen molar-refractivity contribution < 1.29 is 14.4 Å². The molecular weight excluding hydrogens is 238 g/mol. The van der Waals surface area contributed by atoms with Crippen molar-refractivity contribution >= 4 is 5.69 Å². The molecule has 0 heterocycles. The number of nitrogens with two attached hydrogens (primary N) is 2. The van der Waals surface area contributed by atoms with E-state index in [4.69, 9.17) is 20.9 Å². The average Bonchev–Trinajstić information content (AvgIpc) is 2.37. The minimum Gasteiger partial charge on any atom is -0.493 e. The molecular formula is C11H17N3O4. The van der Waals surface area contributed by atoms with Gasteiger partial charge in [-0.25, -0.2) is 0 Å². The Morgan fingerprint density at radius 1 is 1.33 bits per heavy atom. The smallest absolute Gasteiger partial charge is 0.278 e. The molecule has 0 saturated heterocycles. The first-order valence-electron chi connectivity index (χ1n) is 5.41. The fraction of sp³-hybridized carbons (Fsp3) is 0.455. The lowest BCUT2D eigenvalue weighted by Gasteiger charge is -2.14. The Morgan fingerprint density at radius 2 is 1.89 bits per heavy atom. The molecule has 0 radical (unpaired) electrons. The minimum atomic E-state index is -0.504. The van der Waals surface area contributed by atoms with E-state index in [-0.39, 0.29) is 5.69 Å². The first-order chi connectivity index (χ1) is 8.54. The van der Waals surface area contributed by atoms with Crippen LogP contribution in [0.5, 0.6) is 11.5 Å². The van der Waals surface area contributed by atoms with Crippen LogP contribution in [0.2, 0.25) is 0 Å². The molecule has 0 aliphatic rings. The van der Waals surface area contributed by atoms with E-state index in [0.29, 0.717) is 30.0 Å². The highest BCUT2D eigenvalue weighted by Crippen LogP contribution is 2.37. The van der Waals surface area contributed by atoms with Crippen molar-refractivity contribution in [2.75, 3.05) is 20.8 Å². The molecule has 0 amide bonds. The van der Waals surface area contributed by atoms with Gasteiger partial charge in [0.1, 0.15) is 0 Å². The van der Waals surface area contributed by atoms with Crippen molar-refractivity contribution in [1.29, 1.82) is 0 Å². The molecule has 0 aromatic heterocycles. The normalized spacial score (nSPS) is 12.0. The molecule has 4 N–H and O–H groups in total. The van der Waals surface area contributed by atoms with Gasteiger partial charge in [-0.3, -0.25) is 10.1 Å². The van der Waals surface area contributed by atoms with Crippen LogP contribution in [-0.2, 0) is 0 Å². The Labute approximate surface area is 105 Å². The second-order valence-electron chi connectivity index (χ2n) is 3.71. The van der Waals surface area contributed by atoms with Crippen LogP contribution in [0.1, 0.15) is 18.0 Å². The second-order valence-corrected chi connectivity index (χ2v) is 3.71. The molecule has 18 heavy (non-hydrogen) atoms. The van der Waals surface area contributed by atoms with Crippen LogP contribution in [0, 0.1) is 10.1 Å². The summed E-state index contributed by atoms with van der Waals surface area (Å²) in [4.78, 5) is 10.5. The fourth-order valence-corrected chi connectivity index (χ4v) is 1.67. The number of benzene rings is 1. The molecule has 0 aliphatic heterocycles. The standard InChI is InChI=1S/C11H17N3O4/c1-17-10-5-7(8(13)3-4-12)9(14(15)16)6-11(10)18-2/h5-6,8H,3-4,12-13H2,1-2H3/t8-/m1/s1. The van der Waals surface area contributed by atoms with Gasteiger partial charge in [0.25, 0.3) is 5.69 Å². The number of methoxy groups -OCH3 is 2. The average molecular weight is 255 g/mol. The van der Waals surface area contributed by atoms with E-state index < -0.39 is 11.0 Å². The molecule has 0 fully saturated rings. The maximum Gasteiger partial charge on any atom is 0.278 e. The Balaban J connectivity index is 3.33. The first kappa shape index (κ1) is 14.2. The van der Waals surface area contributed by atoms with Gasteiger partial charge >= 0.3 is 0 Å². The topological polar surface area (TPSA) is 114 Å². The monoisotopic (exact) mass is 255 g/mol. The zero-order chi connectivity index (χ0) is 13.7. The van der Waals surface area contributed by atoms with Gasteiger partial charge in [-0.1, -0.05) is 0 Å². The lowest BCUT2D eigenvalue weighted by atomic mass is 10.0. The van der Waals surface area contributed by atoms with Crippen LogP contribution >= 0.6 is 0 Å². The third-order valence-electron chi connectivity index (χ3n) is 2.61. The van der Waals surface area contributed by atoms with Gasteiger partial charge in [-0.2, -0.15) is 0 Å². The molecule has 7 nitrogen and oxygen atoms in total. The largest absolute Gasteiger partial charge is 0.493 e. The number of hydrogen-bond donors (Lipinski definition) is 2. The summed E-state index contributed by atoms with van der Waals surface area (Å²) in [6.07, 6.45) is 0.455. The number of hydrogen-bond acceptors (Lipinski definition) is 6. The molecule has 0 bridgehead atoms. The number of ether oxygens (including phenoxy) is 2. The van der Waals surface area contributed by atoms with Crippen molar-refractivity contribution in [1.82, 2.24) is 0 Å². The summed E-state index contributed by atoms with van der Waals surface area (Å²) in [5.74, 6) is 0.707. The second kappa shape index (κ2) is 6.18. The van der Waals surface area contributed by atoms with Crippen molar-refractivity contribution in [3.8, 4) is 11.5 Å². The molecule has 1 rings (SSSR count). The minimum absolute atomic E-state index is 0.0893. The third-order valence-corrected chi connectivity index (χ3v) is 2.61. The van der Waals surface area contributed by atoms with E-state index in [9.17, 15) is 10.1 Å². The van der Waals surface area contributed by atoms with Gasteiger partial charge in [0.2, 0.25) is 0 Å². The van der Waals surface area contributed by atoms with E-state index in [1.807, 2.05) is 0 Å². The molecule has 1 aromatic rings. The van der Waals surface area contributed by atoms with E-state index in [0.717, 1.165) is 0 Å². The number of nitrogens with zero attached hydrogens (tertiary/aromatic N) is 1. The number of nitro groups is 1. The lowest BCUT2D eigenvalue weighted by Crippen LogP contribution is -2.17. The zero-order valence-corrected chi connectivity index (χ0v) is 10.4. The van der Waals surface area contributed by atoms with Crippen molar-refractivity contribution in [2.24, 2.45) is 11.5 Å². The van der Waals surface area contributed by atoms with E-state index in [1.54, 1.807) is 0 Å². The Bertz CT molecular complexity index is 437. The van der Waals surface area contributed by atoms with Crippen LogP contribution in [-0.4, -0.2) is 25.7 Å². The summed E-state index contributed by atoms with van der Waals surface area (Å²) in [7, 11) is 2.88. The molecule has 0 aliphatic carbocycles. The predicted molar refractivity (Wildman–Crippen MR) is 66.8 cm³/mol. The Kier molecular flexibility index (Phi) is 4.87.